The fraction of sp³-hybridized carbons (Fsp3) is 0.375. The van der Waals surface area contributed by atoms with E-state index in [2.05, 4.69) is 16.6 Å². The summed E-state index contributed by atoms with van der Waals surface area (Å²) in [5, 5.41) is 2.94. The molecule has 0 aromatic heterocycles. The zero-order valence-electron chi connectivity index (χ0n) is 6.89. The molecule has 0 rings (SSSR count). The number of allylic oxidation sites excluding steroid dienone is 1. The quantitative estimate of drug-likeness (QED) is 0.371. The number of carbonyl (C=O) groups excluding carboxylic acids is 1. The highest BCUT2D eigenvalue weighted by Crippen LogP contribution is 1.87. The highest BCUT2D eigenvalue weighted by molar-refractivity contribution is 5.82. The first kappa shape index (κ1) is 9.75. The smallest absolute Gasteiger partial charge is 0.332 e. The number of hydrogen-bond acceptors (Lipinski definition) is 3. The molecule has 0 aliphatic heterocycles. The molecule has 0 radical (unpaired) electrons. The first-order valence-corrected chi connectivity index (χ1v) is 3.31. The molecule has 0 fully saturated rings. The van der Waals surface area contributed by atoms with Gasteiger partial charge in [0.2, 0.25) is 0 Å². The van der Waals surface area contributed by atoms with Crippen molar-refractivity contribution < 1.29 is 9.53 Å². The van der Waals surface area contributed by atoms with Gasteiger partial charge in [-0.3, -0.25) is 0 Å². The third-order valence-electron chi connectivity index (χ3n) is 1.06. The second kappa shape index (κ2) is 5.53. The normalized spacial score (nSPS) is 10.5. The molecule has 62 valence electrons. The van der Waals surface area contributed by atoms with Crippen molar-refractivity contribution in [3.63, 3.8) is 0 Å². The fourth-order valence-corrected chi connectivity index (χ4v) is 0.520. The third kappa shape index (κ3) is 5.21. The van der Waals surface area contributed by atoms with Gasteiger partial charge in [0, 0.05) is 18.3 Å². The summed E-state index contributed by atoms with van der Waals surface area (Å²) in [5.74, 6) is -0.348. The van der Waals surface area contributed by atoms with Gasteiger partial charge in [0.15, 0.2) is 0 Å². The van der Waals surface area contributed by atoms with Crippen LogP contribution in [0.25, 0.3) is 0 Å². The minimum absolute atomic E-state index is 0.348. The highest BCUT2D eigenvalue weighted by Gasteiger charge is 1.93. The van der Waals surface area contributed by atoms with Crippen LogP contribution in [0.15, 0.2) is 24.4 Å². The van der Waals surface area contributed by atoms with E-state index in [4.69, 9.17) is 0 Å². The maximum Gasteiger partial charge on any atom is 0.332 e. The summed E-state index contributed by atoms with van der Waals surface area (Å²) in [6.07, 6.45) is 3.11. The SMILES string of the molecule is C=CCN/C(C)=C/C(=O)OC. The van der Waals surface area contributed by atoms with Crippen LogP contribution in [-0.2, 0) is 9.53 Å². The van der Waals surface area contributed by atoms with E-state index in [1.54, 1.807) is 13.0 Å². The first-order valence-electron chi connectivity index (χ1n) is 3.31. The lowest BCUT2D eigenvalue weighted by atomic mass is 10.4. The third-order valence-corrected chi connectivity index (χ3v) is 1.06. The Morgan fingerprint density at radius 3 is 2.82 bits per heavy atom. The summed E-state index contributed by atoms with van der Waals surface area (Å²) in [5.41, 5.74) is 0.775. The monoisotopic (exact) mass is 155 g/mol. The van der Waals surface area contributed by atoms with Crippen LogP contribution in [0.2, 0.25) is 0 Å². The second-order valence-corrected chi connectivity index (χ2v) is 2.02. The lowest BCUT2D eigenvalue weighted by Crippen LogP contribution is -2.12. The number of ether oxygens (including phenoxy) is 1. The summed E-state index contributed by atoms with van der Waals surface area (Å²) in [6.45, 7) is 5.97. The molecule has 0 heterocycles. The summed E-state index contributed by atoms with van der Waals surface area (Å²) in [4.78, 5) is 10.6. The van der Waals surface area contributed by atoms with Crippen LogP contribution < -0.4 is 5.32 Å². The Hall–Kier alpha value is -1.25. The molecule has 11 heavy (non-hydrogen) atoms. The van der Waals surface area contributed by atoms with Crippen LogP contribution in [-0.4, -0.2) is 19.6 Å². The molecule has 0 spiro atoms. The van der Waals surface area contributed by atoms with Gasteiger partial charge in [0.1, 0.15) is 0 Å². The molecule has 0 amide bonds. The van der Waals surface area contributed by atoms with Crippen molar-refractivity contribution in [2.45, 2.75) is 6.92 Å². The molecule has 3 heteroatoms. The van der Waals surface area contributed by atoms with E-state index in [9.17, 15) is 4.79 Å². The average molecular weight is 155 g/mol. The van der Waals surface area contributed by atoms with E-state index in [0.29, 0.717) is 6.54 Å². The van der Waals surface area contributed by atoms with Gasteiger partial charge in [-0.1, -0.05) is 6.08 Å². The number of rotatable bonds is 4. The molecular weight excluding hydrogens is 142 g/mol. The second-order valence-electron chi connectivity index (χ2n) is 2.02. The van der Waals surface area contributed by atoms with Crippen molar-refractivity contribution in [2.24, 2.45) is 0 Å². The van der Waals surface area contributed by atoms with Crippen molar-refractivity contribution in [2.75, 3.05) is 13.7 Å². The standard InChI is InChI=1S/C8H13NO2/c1-4-5-9-7(2)6-8(10)11-3/h4,6,9H,1,5H2,2-3H3/b7-6+. The van der Waals surface area contributed by atoms with E-state index in [1.165, 1.54) is 13.2 Å². The predicted octanol–water partition coefficient (Wildman–Crippen LogP) is 0.839. The van der Waals surface area contributed by atoms with Crippen molar-refractivity contribution in [1.82, 2.24) is 5.32 Å². The predicted molar refractivity (Wildman–Crippen MR) is 44.0 cm³/mol. The maximum absolute atomic E-state index is 10.6. The summed E-state index contributed by atoms with van der Waals surface area (Å²) < 4.78 is 4.42. The van der Waals surface area contributed by atoms with Crippen molar-refractivity contribution >= 4 is 5.97 Å². The van der Waals surface area contributed by atoms with Gasteiger partial charge in [-0.05, 0) is 6.92 Å². The highest BCUT2D eigenvalue weighted by atomic mass is 16.5. The zero-order chi connectivity index (χ0) is 8.69. The Morgan fingerprint density at radius 2 is 2.36 bits per heavy atom. The lowest BCUT2D eigenvalue weighted by Gasteiger charge is -2.00. The van der Waals surface area contributed by atoms with E-state index >= 15 is 0 Å². The number of nitrogens with one attached hydrogen (secondary N) is 1. The Bertz CT molecular complexity index is 173. The van der Waals surface area contributed by atoms with E-state index in [0.717, 1.165) is 5.70 Å². The Kier molecular flexibility index (Phi) is 4.90. The maximum atomic E-state index is 10.6. The van der Waals surface area contributed by atoms with Gasteiger partial charge in [-0.25, -0.2) is 4.79 Å². The molecule has 0 unspecified atom stereocenters. The summed E-state index contributed by atoms with van der Waals surface area (Å²) in [7, 11) is 1.35. The molecule has 1 N–H and O–H groups in total. The van der Waals surface area contributed by atoms with Crippen LogP contribution in [0.1, 0.15) is 6.92 Å². The number of esters is 1. The molecule has 0 saturated heterocycles. The van der Waals surface area contributed by atoms with Crippen LogP contribution in [0.4, 0.5) is 0 Å². The Labute approximate surface area is 66.7 Å². The fourth-order valence-electron chi connectivity index (χ4n) is 0.520. The average Bonchev–Trinajstić information content (AvgIpc) is 2.00. The van der Waals surface area contributed by atoms with Gasteiger partial charge < -0.3 is 10.1 Å². The van der Waals surface area contributed by atoms with Gasteiger partial charge >= 0.3 is 5.97 Å². The van der Waals surface area contributed by atoms with E-state index in [-0.39, 0.29) is 5.97 Å². The van der Waals surface area contributed by atoms with Gasteiger partial charge in [0.25, 0.3) is 0 Å². The van der Waals surface area contributed by atoms with Crippen molar-refractivity contribution in [3.05, 3.63) is 24.4 Å². The summed E-state index contributed by atoms with van der Waals surface area (Å²) >= 11 is 0. The number of hydrogen-bond donors (Lipinski definition) is 1. The molecule has 0 atom stereocenters. The Morgan fingerprint density at radius 1 is 1.73 bits per heavy atom. The molecule has 0 aromatic rings. The van der Waals surface area contributed by atoms with Crippen LogP contribution in [0.3, 0.4) is 0 Å². The van der Waals surface area contributed by atoms with Gasteiger partial charge in [0.05, 0.1) is 7.11 Å². The van der Waals surface area contributed by atoms with Crippen LogP contribution >= 0.6 is 0 Å². The largest absolute Gasteiger partial charge is 0.466 e. The van der Waals surface area contributed by atoms with Crippen LogP contribution in [0, 0.1) is 0 Å². The molecule has 0 aliphatic rings. The van der Waals surface area contributed by atoms with Crippen molar-refractivity contribution in [1.29, 1.82) is 0 Å². The van der Waals surface area contributed by atoms with Crippen molar-refractivity contribution in [3.8, 4) is 0 Å². The Balaban J connectivity index is 3.79. The van der Waals surface area contributed by atoms with Gasteiger partial charge in [-0.15, -0.1) is 6.58 Å². The number of methoxy groups -OCH3 is 1. The molecule has 0 aromatic carbocycles. The topological polar surface area (TPSA) is 38.3 Å². The zero-order valence-corrected chi connectivity index (χ0v) is 6.89. The van der Waals surface area contributed by atoms with E-state index in [1.807, 2.05) is 0 Å². The molecule has 0 aliphatic carbocycles. The minimum atomic E-state index is -0.348. The van der Waals surface area contributed by atoms with E-state index < -0.39 is 0 Å². The molecule has 3 nitrogen and oxygen atoms in total. The molecule has 0 saturated carbocycles. The molecule has 0 bridgehead atoms. The van der Waals surface area contributed by atoms with Crippen LogP contribution in [0.5, 0.6) is 0 Å². The first-order chi connectivity index (χ1) is 5.20. The molecular formula is C8H13NO2. The number of carbonyl (C=O) groups is 1. The lowest BCUT2D eigenvalue weighted by molar-refractivity contribution is -0.134. The minimum Gasteiger partial charge on any atom is -0.466 e. The van der Waals surface area contributed by atoms with Gasteiger partial charge in [-0.2, -0.15) is 0 Å². The summed E-state index contributed by atoms with van der Waals surface area (Å²) in [6, 6.07) is 0.